The van der Waals surface area contributed by atoms with Crippen LogP contribution in [0.15, 0.2) is 42.5 Å². The van der Waals surface area contributed by atoms with Crippen LogP contribution < -0.4 is 15.3 Å². The van der Waals surface area contributed by atoms with Gasteiger partial charge in [-0.05, 0) is 41.0 Å². The van der Waals surface area contributed by atoms with Crippen LogP contribution in [0.5, 0.6) is 0 Å². The minimum atomic E-state index is -0.908. The number of hydrogen-bond acceptors (Lipinski definition) is 3. The zero-order chi connectivity index (χ0) is 18.3. The van der Waals surface area contributed by atoms with E-state index in [4.69, 9.17) is 0 Å². The highest BCUT2D eigenvalue weighted by molar-refractivity contribution is 6.07. The Morgan fingerprint density at radius 3 is 2.46 bits per heavy atom. The zero-order valence-electron chi connectivity index (χ0n) is 14.6. The Balaban J connectivity index is 1.72. The Kier molecular flexibility index (Phi) is 3.99. The fraction of sp³-hybridized carbons (Fsp3) is 0.238. The molecule has 0 unspecified atom stereocenters. The second kappa shape index (κ2) is 6.33. The maximum absolute atomic E-state index is 11.9. The number of amides is 1. The van der Waals surface area contributed by atoms with E-state index >= 15 is 0 Å². The van der Waals surface area contributed by atoms with Crippen molar-refractivity contribution < 1.29 is 14.7 Å². The van der Waals surface area contributed by atoms with Gasteiger partial charge in [-0.3, -0.25) is 4.79 Å². The van der Waals surface area contributed by atoms with Crippen molar-refractivity contribution in [1.82, 2.24) is 4.90 Å². The first-order chi connectivity index (χ1) is 12.5. The molecule has 0 aliphatic carbocycles. The molecule has 0 saturated carbocycles. The Morgan fingerprint density at radius 2 is 1.81 bits per heavy atom. The van der Waals surface area contributed by atoms with E-state index in [1.54, 1.807) is 11.9 Å². The molecule has 2 aromatic carbocycles. The summed E-state index contributed by atoms with van der Waals surface area (Å²) < 4.78 is 0. The highest BCUT2D eigenvalue weighted by Crippen LogP contribution is 2.25. The number of carbonyl (C=O) groups is 2. The lowest BCUT2D eigenvalue weighted by molar-refractivity contribution is -0.131. The maximum Gasteiger partial charge on any atom is 0.352 e. The average molecular weight is 348 g/mol. The van der Waals surface area contributed by atoms with Gasteiger partial charge < -0.3 is 14.9 Å². The van der Waals surface area contributed by atoms with Gasteiger partial charge >= 0.3 is 5.97 Å². The lowest BCUT2D eigenvalue weighted by Crippen LogP contribution is -2.41. The molecule has 2 aromatic rings. The topological polar surface area (TPSA) is 60.9 Å². The molecule has 1 saturated heterocycles. The number of nitrogens with zero attached hydrogens (tertiary/aromatic N) is 2. The Morgan fingerprint density at radius 1 is 1.08 bits per heavy atom. The van der Waals surface area contributed by atoms with Crippen LogP contribution in [0.4, 0.5) is 5.69 Å². The predicted octanol–water partition coefficient (Wildman–Crippen LogP) is 1.40. The number of carboxylic acid groups (broad SMARTS) is 1. The second-order valence-corrected chi connectivity index (χ2v) is 6.74. The normalized spacial score (nSPS) is 16.5. The molecule has 0 spiro atoms. The van der Waals surface area contributed by atoms with Gasteiger partial charge in [0.2, 0.25) is 5.91 Å². The van der Waals surface area contributed by atoms with E-state index in [1.807, 2.05) is 53.4 Å². The van der Waals surface area contributed by atoms with Crippen LogP contribution in [0.2, 0.25) is 0 Å². The molecule has 0 atom stereocenters. The number of hydrogen-bond donors (Lipinski definition) is 1. The van der Waals surface area contributed by atoms with E-state index in [2.05, 4.69) is 0 Å². The van der Waals surface area contributed by atoms with Crippen LogP contribution in [0, 0.1) is 0 Å². The first-order valence-electron chi connectivity index (χ1n) is 8.74. The minimum absolute atomic E-state index is 0.182. The van der Waals surface area contributed by atoms with Crippen molar-refractivity contribution in [3.63, 3.8) is 0 Å². The smallest absolute Gasteiger partial charge is 0.352 e. The highest BCUT2D eigenvalue weighted by Gasteiger charge is 2.21. The standard InChI is InChI=1S/C21H20N2O3/c1-22-12-10-16-13-15(6-9-18(16)20(22)21(25)26)14-4-7-17(8-5-14)23-11-2-3-19(23)24/h4-10,13H,2-3,11-12H2,1H3,(H,25,26). The molecule has 0 bridgehead atoms. The SMILES string of the molecule is CN1CC=c2cc(-c3ccc(N4CCCC4=O)cc3)ccc2=C1C(=O)O. The van der Waals surface area contributed by atoms with Gasteiger partial charge in [-0.25, -0.2) is 4.79 Å². The maximum atomic E-state index is 11.9. The lowest BCUT2D eigenvalue weighted by atomic mass is 10.0. The zero-order valence-corrected chi connectivity index (χ0v) is 14.6. The van der Waals surface area contributed by atoms with Crippen LogP contribution in [0.3, 0.4) is 0 Å². The predicted molar refractivity (Wildman–Crippen MR) is 101 cm³/mol. The molecule has 1 fully saturated rings. The molecular formula is C21H20N2O3. The Bertz CT molecular complexity index is 1010. The third-order valence-electron chi connectivity index (χ3n) is 5.06. The number of likely N-dealkylation sites (N-methyl/N-ethyl adjacent to an activating group) is 1. The molecular weight excluding hydrogens is 328 g/mol. The quantitative estimate of drug-likeness (QED) is 0.911. The summed E-state index contributed by atoms with van der Waals surface area (Å²) in [5, 5.41) is 11.2. The van der Waals surface area contributed by atoms with E-state index in [0.717, 1.165) is 40.2 Å². The van der Waals surface area contributed by atoms with E-state index < -0.39 is 5.97 Å². The molecule has 26 heavy (non-hydrogen) atoms. The van der Waals surface area contributed by atoms with Gasteiger partial charge in [0.1, 0.15) is 5.70 Å². The van der Waals surface area contributed by atoms with Crippen LogP contribution >= 0.6 is 0 Å². The summed E-state index contributed by atoms with van der Waals surface area (Å²) in [5.74, 6) is -0.726. The summed E-state index contributed by atoms with van der Waals surface area (Å²) in [6.07, 6.45) is 3.58. The van der Waals surface area contributed by atoms with Gasteiger partial charge in [0.25, 0.3) is 0 Å². The summed E-state index contributed by atoms with van der Waals surface area (Å²) >= 11 is 0. The van der Waals surface area contributed by atoms with Crippen LogP contribution in [-0.4, -0.2) is 42.0 Å². The van der Waals surface area contributed by atoms with Crippen LogP contribution in [-0.2, 0) is 9.59 Å². The summed E-state index contributed by atoms with van der Waals surface area (Å²) in [4.78, 5) is 27.0. The lowest BCUT2D eigenvalue weighted by Gasteiger charge is -2.21. The van der Waals surface area contributed by atoms with Crippen molar-refractivity contribution in [2.24, 2.45) is 0 Å². The second-order valence-electron chi connectivity index (χ2n) is 6.74. The molecule has 2 heterocycles. The van der Waals surface area contributed by atoms with Crippen molar-refractivity contribution in [3.05, 3.63) is 52.9 Å². The molecule has 1 N–H and O–H groups in total. The highest BCUT2D eigenvalue weighted by atomic mass is 16.4. The van der Waals surface area contributed by atoms with E-state index in [0.29, 0.717) is 18.7 Å². The molecule has 1 amide bonds. The first-order valence-corrected chi connectivity index (χ1v) is 8.74. The number of carbonyl (C=O) groups excluding carboxylic acids is 1. The van der Waals surface area contributed by atoms with Crippen molar-refractivity contribution in [2.45, 2.75) is 12.8 Å². The van der Waals surface area contributed by atoms with Crippen molar-refractivity contribution in [3.8, 4) is 11.1 Å². The van der Waals surface area contributed by atoms with Gasteiger partial charge in [0.05, 0.1) is 0 Å². The molecule has 0 radical (unpaired) electrons. The van der Waals surface area contributed by atoms with Gasteiger partial charge in [0.15, 0.2) is 0 Å². The van der Waals surface area contributed by atoms with Gasteiger partial charge in [-0.15, -0.1) is 0 Å². The van der Waals surface area contributed by atoms with Gasteiger partial charge in [0, 0.05) is 37.5 Å². The van der Waals surface area contributed by atoms with Crippen LogP contribution in [0.25, 0.3) is 22.9 Å². The average Bonchev–Trinajstić information content (AvgIpc) is 3.07. The van der Waals surface area contributed by atoms with Crippen LogP contribution in [0.1, 0.15) is 12.8 Å². The van der Waals surface area contributed by atoms with Crippen molar-refractivity contribution in [2.75, 3.05) is 25.0 Å². The molecule has 5 nitrogen and oxygen atoms in total. The number of benzene rings is 2. The van der Waals surface area contributed by atoms with E-state index in [9.17, 15) is 14.7 Å². The fourth-order valence-electron chi connectivity index (χ4n) is 3.69. The molecule has 2 aliphatic heterocycles. The molecule has 132 valence electrons. The Hall–Kier alpha value is -3.08. The first kappa shape index (κ1) is 16.4. The van der Waals surface area contributed by atoms with E-state index in [1.165, 1.54) is 0 Å². The summed E-state index contributed by atoms with van der Waals surface area (Å²) in [6, 6.07) is 13.8. The molecule has 4 rings (SSSR count). The number of fused-ring (bicyclic) bond motifs is 1. The third kappa shape index (κ3) is 2.75. The minimum Gasteiger partial charge on any atom is -0.477 e. The van der Waals surface area contributed by atoms with Crippen molar-refractivity contribution in [1.29, 1.82) is 0 Å². The third-order valence-corrected chi connectivity index (χ3v) is 5.06. The number of aliphatic carboxylic acids is 1. The largest absolute Gasteiger partial charge is 0.477 e. The summed E-state index contributed by atoms with van der Waals surface area (Å²) in [5.41, 5.74) is 3.35. The number of anilines is 1. The summed E-state index contributed by atoms with van der Waals surface area (Å²) in [7, 11) is 1.79. The monoisotopic (exact) mass is 348 g/mol. The molecule has 5 heteroatoms. The Labute approximate surface area is 151 Å². The van der Waals surface area contributed by atoms with Gasteiger partial charge in [-0.2, -0.15) is 0 Å². The van der Waals surface area contributed by atoms with E-state index in [-0.39, 0.29) is 5.91 Å². The summed E-state index contributed by atoms with van der Waals surface area (Å²) in [6.45, 7) is 1.36. The number of carboxylic acids is 1. The molecule has 0 aromatic heterocycles. The fourth-order valence-corrected chi connectivity index (χ4v) is 3.69. The number of rotatable bonds is 3. The molecule has 2 aliphatic rings. The van der Waals surface area contributed by atoms with Crippen molar-refractivity contribution >= 4 is 29.3 Å². The van der Waals surface area contributed by atoms with Gasteiger partial charge in [-0.1, -0.05) is 30.3 Å².